The van der Waals surface area contributed by atoms with Crippen LogP contribution in [0.1, 0.15) is 50.9 Å². The lowest BCUT2D eigenvalue weighted by Crippen LogP contribution is -2.10. The molecule has 4 nitrogen and oxygen atoms in total. The molecule has 0 fully saturated rings. The van der Waals surface area contributed by atoms with Gasteiger partial charge < -0.3 is 10.3 Å². The molecule has 1 atom stereocenters. The first-order valence-electron chi connectivity index (χ1n) is 5.43. The number of aromatic nitrogens is 2. The summed E-state index contributed by atoms with van der Waals surface area (Å²) >= 11 is 1.82. The largest absolute Gasteiger partial charge is 0.338 e. The van der Waals surface area contributed by atoms with Crippen LogP contribution in [0.25, 0.3) is 0 Å². The van der Waals surface area contributed by atoms with Gasteiger partial charge in [-0.1, -0.05) is 25.4 Å². The maximum Gasteiger partial charge on any atom is 0.243 e. The fourth-order valence-corrected chi connectivity index (χ4v) is 1.95. The van der Waals surface area contributed by atoms with Crippen LogP contribution in [0.2, 0.25) is 0 Å². The first kappa shape index (κ1) is 12.5. The molecule has 1 aromatic heterocycles. The number of hydrogen-bond acceptors (Lipinski definition) is 5. The van der Waals surface area contributed by atoms with Crippen molar-refractivity contribution >= 4 is 11.8 Å². The highest BCUT2D eigenvalue weighted by molar-refractivity contribution is 7.98. The predicted octanol–water partition coefficient (Wildman–Crippen LogP) is 2.51. The lowest BCUT2D eigenvalue weighted by Gasteiger charge is -2.02. The third-order valence-corrected chi connectivity index (χ3v) is 3.14. The average molecular weight is 229 g/mol. The lowest BCUT2D eigenvalue weighted by molar-refractivity contribution is 0.345. The monoisotopic (exact) mass is 229 g/mol. The van der Waals surface area contributed by atoms with Gasteiger partial charge in [0.1, 0.15) is 0 Å². The quantitative estimate of drug-likeness (QED) is 0.728. The number of rotatable bonds is 7. The van der Waals surface area contributed by atoms with E-state index in [1.807, 2.05) is 11.8 Å². The van der Waals surface area contributed by atoms with Gasteiger partial charge in [-0.15, -0.1) is 0 Å². The van der Waals surface area contributed by atoms with Gasteiger partial charge in [0.15, 0.2) is 5.82 Å². The summed E-state index contributed by atoms with van der Waals surface area (Å²) in [5.74, 6) is 3.28. The third kappa shape index (κ3) is 4.22. The fourth-order valence-electron chi connectivity index (χ4n) is 1.22. The van der Waals surface area contributed by atoms with Crippen LogP contribution in [0, 0.1) is 0 Å². The molecule has 5 heteroatoms. The molecule has 0 saturated carbocycles. The molecule has 2 N–H and O–H groups in total. The minimum atomic E-state index is -0.104. The molecular weight excluding hydrogens is 210 g/mol. The van der Waals surface area contributed by atoms with Gasteiger partial charge >= 0.3 is 0 Å². The van der Waals surface area contributed by atoms with E-state index in [2.05, 4.69) is 24.0 Å². The Morgan fingerprint density at radius 3 is 2.87 bits per heavy atom. The molecule has 1 unspecified atom stereocenters. The van der Waals surface area contributed by atoms with Crippen molar-refractivity contribution in [1.29, 1.82) is 0 Å². The second-order valence-corrected chi connectivity index (χ2v) is 4.60. The normalized spacial score (nSPS) is 13.0. The minimum absolute atomic E-state index is 0.104. The van der Waals surface area contributed by atoms with E-state index in [0.717, 1.165) is 30.2 Å². The minimum Gasteiger partial charge on any atom is -0.338 e. The van der Waals surface area contributed by atoms with Crippen LogP contribution in [-0.2, 0) is 5.75 Å². The summed E-state index contributed by atoms with van der Waals surface area (Å²) in [7, 11) is 0. The molecule has 0 aliphatic carbocycles. The second-order valence-electron chi connectivity index (χ2n) is 3.50. The Hall–Kier alpha value is -0.550. The molecular formula is C10H19N3OS. The summed E-state index contributed by atoms with van der Waals surface area (Å²) in [5.41, 5.74) is 5.87. The van der Waals surface area contributed by atoms with Gasteiger partial charge in [-0.2, -0.15) is 16.7 Å². The highest BCUT2D eigenvalue weighted by atomic mass is 32.2. The number of nitrogens with two attached hydrogens (primary N) is 1. The van der Waals surface area contributed by atoms with Gasteiger partial charge in [0, 0.05) is 0 Å². The topological polar surface area (TPSA) is 64.9 Å². The summed E-state index contributed by atoms with van der Waals surface area (Å²) in [5, 5.41) is 3.90. The molecule has 0 radical (unpaired) electrons. The van der Waals surface area contributed by atoms with Crippen LogP contribution in [0.5, 0.6) is 0 Å². The molecule has 0 saturated heterocycles. The number of nitrogens with zero attached hydrogens (tertiary/aromatic N) is 2. The summed E-state index contributed by atoms with van der Waals surface area (Å²) in [6, 6.07) is -0.104. The fraction of sp³-hybridized carbons (Fsp3) is 0.800. The Balaban J connectivity index is 2.41. The van der Waals surface area contributed by atoms with Gasteiger partial charge in [0.25, 0.3) is 0 Å². The predicted molar refractivity (Wildman–Crippen MR) is 62.6 cm³/mol. The summed E-state index contributed by atoms with van der Waals surface area (Å²) in [6.07, 6.45) is 3.10. The first-order valence-corrected chi connectivity index (χ1v) is 6.59. The van der Waals surface area contributed by atoms with Crippen LogP contribution >= 0.6 is 11.8 Å². The van der Waals surface area contributed by atoms with Crippen molar-refractivity contribution in [3.8, 4) is 0 Å². The van der Waals surface area contributed by atoms with Gasteiger partial charge in [-0.3, -0.25) is 0 Å². The summed E-state index contributed by atoms with van der Waals surface area (Å²) in [6.45, 7) is 4.25. The SMILES string of the molecule is CCCSCc1noc(C(N)CCC)n1. The van der Waals surface area contributed by atoms with Crippen molar-refractivity contribution in [2.45, 2.75) is 44.9 Å². The molecule has 0 spiro atoms. The van der Waals surface area contributed by atoms with Crippen LogP contribution < -0.4 is 5.73 Å². The Bertz CT molecular complexity index is 277. The van der Waals surface area contributed by atoms with Crippen LogP contribution in [0.15, 0.2) is 4.52 Å². The van der Waals surface area contributed by atoms with E-state index in [1.165, 1.54) is 6.42 Å². The molecule has 1 heterocycles. The van der Waals surface area contributed by atoms with E-state index >= 15 is 0 Å². The zero-order valence-corrected chi connectivity index (χ0v) is 10.2. The van der Waals surface area contributed by atoms with Crippen molar-refractivity contribution in [3.05, 3.63) is 11.7 Å². The Morgan fingerprint density at radius 2 is 2.20 bits per heavy atom. The molecule has 0 amide bonds. The van der Waals surface area contributed by atoms with Crippen LogP contribution in [0.4, 0.5) is 0 Å². The van der Waals surface area contributed by atoms with Crippen molar-refractivity contribution in [1.82, 2.24) is 10.1 Å². The Morgan fingerprint density at radius 1 is 1.40 bits per heavy atom. The number of hydrogen-bond donors (Lipinski definition) is 1. The summed E-state index contributed by atoms with van der Waals surface area (Å²) in [4.78, 5) is 4.28. The molecule has 86 valence electrons. The Labute approximate surface area is 95.0 Å². The average Bonchev–Trinajstić information content (AvgIpc) is 2.67. The van der Waals surface area contributed by atoms with Crippen LogP contribution in [-0.4, -0.2) is 15.9 Å². The van der Waals surface area contributed by atoms with E-state index in [0.29, 0.717) is 5.89 Å². The van der Waals surface area contributed by atoms with Gasteiger partial charge in [-0.05, 0) is 18.6 Å². The van der Waals surface area contributed by atoms with Gasteiger partial charge in [0.05, 0.1) is 11.8 Å². The molecule has 15 heavy (non-hydrogen) atoms. The van der Waals surface area contributed by atoms with Crippen molar-refractivity contribution in [2.24, 2.45) is 5.73 Å². The molecule has 0 bridgehead atoms. The maximum atomic E-state index is 5.87. The highest BCUT2D eigenvalue weighted by Gasteiger charge is 2.13. The van der Waals surface area contributed by atoms with Gasteiger partial charge in [-0.25, -0.2) is 0 Å². The van der Waals surface area contributed by atoms with Crippen molar-refractivity contribution in [3.63, 3.8) is 0 Å². The van der Waals surface area contributed by atoms with Crippen molar-refractivity contribution in [2.75, 3.05) is 5.75 Å². The van der Waals surface area contributed by atoms with E-state index in [1.54, 1.807) is 0 Å². The standard InChI is InChI=1S/C10H19N3OS/c1-3-5-8(11)10-12-9(13-14-10)7-15-6-4-2/h8H,3-7,11H2,1-2H3. The highest BCUT2D eigenvalue weighted by Crippen LogP contribution is 2.15. The lowest BCUT2D eigenvalue weighted by atomic mass is 10.2. The zero-order valence-electron chi connectivity index (χ0n) is 9.40. The zero-order chi connectivity index (χ0) is 11.1. The number of thioether (sulfide) groups is 1. The molecule has 0 aliphatic rings. The Kier molecular flexibility index (Phi) is 5.71. The molecule has 1 aromatic rings. The molecule has 0 aliphatic heterocycles. The van der Waals surface area contributed by atoms with E-state index in [4.69, 9.17) is 10.3 Å². The second kappa shape index (κ2) is 6.85. The van der Waals surface area contributed by atoms with Crippen molar-refractivity contribution < 1.29 is 4.52 Å². The van der Waals surface area contributed by atoms with Gasteiger partial charge in [0.2, 0.25) is 5.89 Å². The van der Waals surface area contributed by atoms with Crippen LogP contribution in [0.3, 0.4) is 0 Å². The van der Waals surface area contributed by atoms with E-state index in [-0.39, 0.29) is 6.04 Å². The van der Waals surface area contributed by atoms with E-state index < -0.39 is 0 Å². The summed E-state index contributed by atoms with van der Waals surface area (Å²) < 4.78 is 5.11. The smallest absolute Gasteiger partial charge is 0.243 e. The maximum absolute atomic E-state index is 5.87. The molecule has 1 rings (SSSR count). The third-order valence-electron chi connectivity index (χ3n) is 1.98. The molecule has 0 aromatic carbocycles. The first-order chi connectivity index (χ1) is 7.27. The van der Waals surface area contributed by atoms with E-state index in [9.17, 15) is 0 Å².